The molecule has 2 fully saturated rings. The fraction of sp³-hybridized carbons (Fsp3) is 0.529. The summed E-state index contributed by atoms with van der Waals surface area (Å²) in [6, 6.07) is 7.28. The number of aliphatic imine (C=N–C) groups is 1. The molecular formula is C17H19ClN2O3. The number of carbonyl (C=O) groups is 1. The summed E-state index contributed by atoms with van der Waals surface area (Å²) in [7, 11) is 0. The standard InChI is InChI=1S/C17H19ClN2O3/c18-12-5-2-1-4-11(12)17-7-3-6-14(15(17)22)23-16(20-17)13-8-10(21)9-19-13/h1-2,4-5,10,13-14,19,21H,3,6-9H2/t10?,13?,14-,17-/m0/s1. The van der Waals surface area contributed by atoms with Gasteiger partial charge >= 0.3 is 0 Å². The molecule has 0 spiro atoms. The number of ether oxygens (including phenoxy) is 1. The minimum atomic E-state index is -0.940. The predicted molar refractivity (Wildman–Crippen MR) is 86.7 cm³/mol. The van der Waals surface area contributed by atoms with Crippen molar-refractivity contribution in [2.75, 3.05) is 6.54 Å². The van der Waals surface area contributed by atoms with E-state index in [-0.39, 0.29) is 11.8 Å². The monoisotopic (exact) mass is 334 g/mol. The van der Waals surface area contributed by atoms with Crippen LogP contribution in [0.15, 0.2) is 29.3 Å². The molecule has 122 valence electrons. The maximum Gasteiger partial charge on any atom is 0.205 e. The van der Waals surface area contributed by atoms with Gasteiger partial charge in [-0.15, -0.1) is 0 Å². The molecule has 5 nitrogen and oxygen atoms in total. The first-order chi connectivity index (χ1) is 11.1. The summed E-state index contributed by atoms with van der Waals surface area (Å²) in [5.41, 5.74) is -0.180. The average Bonchev–Trinajstić information content (AvgIpc) is 2.95. The van der Waals surface area contributed by atoms with Crippen LogP contribution in [0.3, 0.4) is 0 Å². The van der Waals surface area contributed by atoms with E-state index in [0.717, 1.165) is 12.0 Å². The molecule has 2 unspecified atom stereocenters. The van der Waals surface area contributed by atoms with Crippen molar-refractivity contribution in [2.24, 2.45) is 4.99 Å². The summed E-state index contributed by atoms with van der Waals surface area (Å²) < 4.78 is 5.87. The van der Waals surface area contributed by atoms with Gasteiger partial charge in [-0.25, -0.2) is 4.99 Å². The van der Waals surface area contributed by atoms with Crippen molar-refractivity contribution in [2.45, 2.75) is 49.5 Å². The van der Waals surface area contributed by atoms with Crippen LogP contribution in [0.5, 0.6) is 0 Å². The van der Waals surface area contributed by atoms with Crippen LogP contribution in [0.4, 0.5) is 0 Å². The van der Waals surface area contributed by atoms with Crippen molar-refractivity contribution < 1.29 is 14.6 Å². The van der Waals surface area contributed by atoms with Crippen LogP contribution in [0, 0.1) is 0 Å². The first-order valence-corrected chi connectivity index (χ1v) is 8.45. The van der Waals surface area contributed by atoms with Crippen LogP contribution in [-0.4, -0.2) is 41.6 Å². The molecule has 2 heterocycles. The molecule has 2 N–H and O–H groups in total. The molecule has 23 heavy (non-hydrogen) atoms. The van der Waals surface area contributed by atoms with Crippen LogP contribution >= 0.6 is 11.6 Å². The highest BCUT2D eigenvalue weighted by atomic mass is 35.5. The molecule has 0 amide bonds. The van der Waals surface area contributed by atoms with Gasteiger partial charge in [0, 0.05) is 17.1 Å². The summed E-state index contributed by atoms with van der Waals surface area (Å²) in [4.78, 5) is 17.7. The fourth-order valence-electron chi connectivity index (χ4n) is 3.84. The zero-order chi connectivity index (χ0) is 16.0. The molecule has 4 atom stereocenters. The van der Waals surface area contributed by atoms with Gasteiger partial charge in [0.1, 0.15) is 0 Å². The van der Waals surface area contributed by atoms with Crippen LogP contribution < -0.4 is 5.32 Å². The number of hydrogen-bond donors (Lipinski definition) is 2. The molecule has 1 saturated heterocycles. The number of hydrogen-bond acceptors (Lipinski definition) is 5. The Hall–Kier alpha value is -1.43. The van der Waals surface area contributed by atoms with Gasteiger partial charge in [-0.05, 0) is 31.7 Å². The number of nitrogens with zero attached hydrogens (tertiary/aromatic N) is 1. The SMILES string of the molecule is O=C1[C@@H]2CCC[C@@]1(c1ccccc1Cl)N=C(C1CC(O)CN1)O2. The second-order valence-electron chi connectivity index (χ2n) is 6.50. The van der Waals surface area contributed by atoms with Gasteiger partial charge < -0.3 is 15.2 Å². The molecule has 1 aromatic carbocycles. The van der Waals surface area contributed by atoms with Gasteiger partial charge in [0.25, 0.3) is 0 Å². The Bertz CT molecular complexity index is 678. The highest BCUT2D eigenvalue weighted by Crippen LogP contribution is 2.44. The lowest BCUT2D eigenvalue weighted by Gasteiger charge is -2.42. The number of carbonyl (C=O) groups excluding carboxylic acids is 1. The smallest absolute Gasteiger partial charge is 0.205 e. The van der Waals surface area contributed by atoms with E-state index in [0.29, 0.717) is 36.7 Å². The average molecular weight is 335 g/mol. The zero-order valence-corrected chi connectivity index (χ0v) is 13.4. The molecule has 1 saturated carbocycles. The third-order valence-corrected chi connectivity index (χ3v) is 5.32. The van der Waals surface area contributed by atoms with Crippen LogP contribution in [0.25, 0.3) is 0 Å². The van der Waals surface area contributed by atoms with Gasteiger partial charge in [0.15, 0.2) is 11.6 Å². The van der Waals surface area contributed by atoms with E-state index in [2.05, 4.69) is 5.32 Å². The highest BCUT2D eigenvalue weighted by molar-refractivity contribution is 6.32. The maximum atomic E-state index is 12.9. The Morgan fingerprint density at radius 1 is 1.39 bits per heavy atom. The topological polar surface area (TPSA) is 70.9 Å². The Balaban J connectivity index is 1.81. The zero-order valence-electron chi connectivity index (χ0n) is 12.7. The third-order valence-electron chi connectivity index (χ3n) is 4.99. The fourth-order valence-corrected chi connectivity index (χ4v) is 4.13. The van der Waals surface area contributed by atoms with Gasteiger partial charge in [-0.2, -0.15) is 0 Å². The van der Waals surface area contributed by atoms with E-state index in [1.807, 2.05) is 18.2 Å². The quantitative estimate of drug-likeness (QED) is 0.865. The molecule has 1 aliphatic carbocycles. The van der Waals surface area contributed by atoms with Crippen LogP contribution in [-0.2, 0) is 15.1 Å². The van der Waals surface area contributed by atoms with Crippen molar-refractivity contribution in [3.05, 3.63) is 34.9 Å². The van der Waals surface area contributed by atoms with Crippen molar-refractivity contribution in [1.82, 2.24) is 5.32 Å². The number of Topliss-reactive ketones (excluding diaryl/α,β-unsaturated/α-hetero) is 1. The summed E-state index contributed by atoms with van der Waals surface area (Å²) in [6.07, 6.45) is 1.91. The molecule has 3 aliphatic rings. The van der Waals surface area contributed by atoms with Gasteiger partial charge in [-0.3, -0.25) is 4.79 Å². The van der Waals surface area contributed by atoms with Gasteiger partial charge in [0.05, 0.1) is 12.1 Å². The van der Waals surface area contributed by atoms with E-state index >= 15 is 0 Å². The lowest BCUT2D eigenvalue weighted by Crippen LogP contribution is -2.53. The summed E-state index contributed by atoms with van der Waals surface area (Å²) in [5, 5.41) is 13.5. The van der Waals surface area contributed by atoms with E-state index in [1.165, 1.54) is 0 Å². The van der Waals surface area contributed by atoms with Crippen LogP contribution in [0.1, 0.15) is 31.2 Å². The van der Waals surface area contributed by atoms with Crippen molar-refractivity contribution in [1.29, 1.82) is 0 Å². The Kier molecular flexibility index (Phi) is 3.67. The number of fused-ring (bicyclic) bond motifs is 2. The van der Waals surface area contributed by atoms with Gasteiger partial charge in [-0.1, -0.05) is 29.8 Å². The normalized spacial score (nSPS) is 36.5. The van der Waals surface area contributed by atoms with Crippen molar-refractivity contribution >= 4 is 23.3 Å². The Labute approximate surface area is 139 Å². The molecule has 6 heteroatoms. The number of benzene rings is 1. The second kappa shape index (κ2) is 5.58. The predicted octanol–water partition coefficient (Wildman–Crippen LogP) is 1.81. The minimum absolute atomic E-state index is 0.000791. The van der Waals surface area contributed by atoms with Crippen molar-refractivity contribution in [3.63, 3.8) is 0 Å². The number of ketones is 1. The van der Waals surface area contributed by atoms with Gasteiger partial charge in [0.2, 0.25) is 11.7 Å². The minimum Gasteiger partial charge on any atom is -0.468 e. The number of β-amino-alcohol motifs (C(OH)–C–C–N with tert-alkyl or cyclic N) is 1. The molecule has 1 aromatic rings. The molecule has 0 radical (unpaired) electrons. The van der Waals surface area contributed by atoms with E-state index in [9.17, 15) is 9.90 Å². The molecular weight excluding hydrogens is 316 g/mol. The molecule has 0 aromatic heterocycles. The first-order valence-electron chi connectivity index (χ1n) is 8.07. The van der Waals surface area contributed by atoms with E-state index in [1.54, 1.807) is 6.07 Å². The molecule has 4 rings (SSSR count). The van der Waals surface area contributed by atoms with E-state index < -0.39 is 17.7 Å². The lowest BCUT2D eigenvalue weighted by atomic mass is 9.73. The second-order valence-corrected chi connectivity index (χ2v) is 6.91. The number of aliphatic hydroxyl groups excluding tert-OH is 1. The molecule has 2 bridgehead atoms. The lowest BCUT2D eigenvalue weighted by molar-refractivity contribution is -0.137. The maximum absolute atomic E-state index is 12.9. The van der Waals surface area contributed by atoms with Crippen molar-refractivity contribution in [3.8, 4) is 0 Å². The largest absolute Gasteiger partial charge is 0.468 e. The Morgan fingerprint density at radius 3 is 2.96 bits per heavy atom. The van der Waals surface area contributed by atoms with Crippen LogP contribution in [0.2, 0.25) is 5.02 Å². The highest BCUT2D eigenvalue weighted by Gasteiger charge is 2.52. The summed E-state index contributed by atoms with van der Waals surface area (Å²) >= 11 is 6.38. The number of nitrogens with one attached hydrogen (secondary N) is 1. The third kappa shape index (κ3) is 2.38. The summed E-state index contributed by atoms with van der Waals surface area (Å²) in [6.45, 7) is 0.519. The first kappa shape index (κ1) is 15.1. The number of rotatable bonds is 2. The Morgan fingerprint density at radius 2 is 2.22 bits per heavy atom. The summed E-state index contributed by atoms with van der Waals surface area (Å²) in [5.74, 6) is 0.532. The number of halogens is 1. The molecule has 2 aliphatic heterocycles. The van der Waals surface area contributed by atoms with E-state index in [4.69, 9.17) is 21.3 Å². The number of aliphatic hydroxyl groups is 1.